The van der Waals surface area contributed by atoms with Gasteiger partial charge >= 0.3 is 5.97 Å². The zero-order valence-corrected chi connectivity index (χ0v) is 12.5. The molecule has 6 heteroatoms. The van der Waals surface area contributed by atoms with Crippen molar-refractivity contribution in [2.75, 3.05) is 7.11 Å². The molecule has 1 rings (SSSR count). The Labute approximate surface area is 122 Å². The van der Waals surface area contributed by atoms with Crippen molar-refractivity contribution in [3.8, 4) is 5.75 Å². The second-order valence-corrected chi connectivity index (χ2v) is 5.10. The molecule has 1 atom stereocenters. The summed E-state index contributed by atoms with van der Waals surface area (Å²) in [7, 11) is 1.28. The minimum atomic E-state index is -1.09. The van der Waals surface area contributed by atoms with Crippen LogP contribution in [0.25, 0.3) is 0 Å². The second kappa shape index (κ2) is 6.61. The van der Waals surface area contributed by atoms with Crippen molar-refractivity contribution in [3.63, 3.8) is 0 Å². The molecular weight excluding hydrogens is 282 g/mol. The van der Waals surface area contributed by atoms with Crippen LogP contribution in [0.5, 0.6) is 5.75 Å². The van der Waals surface area contributed by atoms with Gasteiger partial charge in [-0.25, -0.2) is 4.79 Å². The molecule has 0 saturated carbocycles. The van der Waals surface area contributed by atoms with Crippen LogP contribution in [0.2, 0.25) is 5.02 Å². The second-order valence-electron chi connectivity index (χ2n) is 4.69. The van der Waals surface area contributed by atoms with Crippen molar-refractivity contribution in [2.24, 2.45) is 0 Å². The van der Waals surface area contributed by atoms with Crippen LogP contribution in [0.15, 0.2) is 18.2 Å². The van der Waals surface area contributed by atoms with Crippen LogP contribution in [-0.2, 0) is 9.53 Å². The van der Waals surface area contributed by atoms with E-state index >= 15 is 0 Å². The summed E-state index contributed by atoms with van der Waals surface area (Å²) in [6.45, 7) is 3.52. The Morgan fingerprint density at radius 1 is 1.45 bits per heavy atom. The quantitative estimate of drug-likeness (QED) is 0.819. The summed E-state index contributed by atoms with van der Waals surface area (Å²) in [6.07, 6.45) is 1.17. The van der Waals surface area contributed by atoms with Crippen LogP contribution in [-0.4, -0.2) is 29.6 Å². The number of methoxy groups -OCH3 is 1. The topological polar surface area (TPSA) is 75.6 Å². The Hall–Kier alpha value is -1.75. The van der Waals surface area contributed by atoms with Crippen LogP contribution in [0.1, 0.15) is 37.0 Å². The van der Waals surface area contributed by atoms with E-state index in [0.29, 0.717) is 12.8 Å². The van der Waals surface area contributed by atoms with Crippen LogP contribution >= 0.6 is 11.6 Å². The van der Waals surface area contributed by atoms with Gasteiger partial charge in [0.05, 0.1) is 12.1 Å². The van der Waals surface area contributed by atoms with Gasteiger partial charge in [-0.2, -0.15) is 0 Å². The number of ether oxygens (including phenoxy) is 1. The van der Waals surface area contributed by atoms with Gasteiger partial charge in [0.2, 0.25) is 0 Å². The average Bonchev–Trinajstić information content (AvgIpc) is 2.40. The molecule has 0 aliphatic carbocycles. The lowest BCUT2D eigenvalue weighted by Crippen LogP contribution is -2.52. The zero-order valence-electron chi connectivity index (χ0n) is 11.7. The van der Waals surface area contributed by atoms with Gasteiger partial charge in [0.15, 0.2) is 0 Å². The first-order chi connectivity index (χ1) is 9.34. The molecule has 5 nitrogen and oxygen atoms in total. The number of aromatic hydroxyl groups is 1. The summed E-state index contributed by atoms with van der Waals surface area (Å²) in [5.41, 5.74) is -0.829. The van der Waals surface area contributed by atoms with Crippen molar-refractivity contribution in [2.45, 2.75) is 32.2 Å². The van der Waals surface area contributed by atoms with Gasteiger partial charge in [0, 0.05) is 5.56 Å². The lowest BCUT2D eigenvalue weighted by Gasteiger charge is -2.27. The first-order valence-electron chi connectivity index (χ1n) is 6.23. The molecule has 2 N–H and O–H groups in total. The SMILES string of the molecule is CCCC(C)(NC(=O)c1ccc(O)c(Cl)c1)C(=O)OC. The largest absolute Gasteiger partial charge is 0.506 e. The van der Waals surface area contributed by atoms with Gasteiger partial charge in [-0.3, -0.25) is 4.79 Å². The van der Waals surface area contributed by atoms with E-state index < -0.39 is 17.4 Å². The van der Waals surface area contributed by atoms with Gasteiger partial charge in [-0.1, -0.05) is 24.9 Å². The highest BCUT2D eigenvalue weighted by atomic mass is 35.5. The number of halogens is 1. The number of hydrogen-bond acceptors (Lipinski definition) is 4. The fourth-order valence-corrected chi connectivity index (χ4v) is 2.09. The Morgan fingerprint density at radius 2 is 2.10 bits per heavy atom. The summed E-state index contributed by atoms with van der Waals surface area (Å²) in [4.78, 5) is 24.0. The summed E-state index contributed by atoms with van der Waals surface area (Å²) in [5.74, 6) is -1.06. The van der Waals surface area contributed by atoms with Gasteiger partial charge in [-0.15, -0.1) is 0 Å². The first-order valence-corrected chi connectivity index (χ1v) is 6.61. The van der Waals surface area contributed by atoms with Crippen LogP contribution in [0, 0.1) is 0 Å². The Balaban J connectivity index is 2.96. The average molecular weight is 300 g/mol. The third-order valence-corrected chi connectivity index (χ3v) is 3.29. The summed E-state index contributed by atoms with van der Waals surface area (Å²) < 4.78 is 4.73. The number of nitrogens with one attached hydrogen (secondary N) is 1. The summed E-state index contributed by atoms with van der Waals surface area (Å²) in [6, 6.07) is 4.10. The van der Waals surface area contributed by atoms with Crippen LogP contribution < -0.4 is 5.32 Å². The zero-order chi connectivity index (χ0) is 15.3. The maximum Gasteiger partial charge on any atom is 0.331 e. The van der Waals surface area contributed by atoms with Crippen molar-refractivity contribution in [1.82, 2.24) is 5.32 Å². The van der Waals surface area contributed by atoms with Gasteiger partial charge in [0.1, 0.15) is 11.3 Å². The molecular formula is C14H18ClNO4. The molecule has 0 aliphatic heterocycles. The molecule has 0 aliphatic rings. The number of rotatable bonds is 5. The van der Waals surface area contributed by atoms with E-state index in [1.165, 1.54) is 25.3 Å². The van der Waals surface area contributed by atoms with E-state index in [2.05, 4.69) is 5.32 Å². The highest BCUT2D eigenvalue weighted by Gasteiger charge is 2.35. The minimum Gasteiger partial charge on any atom is -0.506 e. The predicted molar refractivity (Wildman–Crippen MR) is 75.9 cm³/mol. The molecule has 0 heterocycles. The van der Waals surface area contributed by atoms with Crippen molar-refractivity contribution < 1.29 is 19.4 Å². The standard InChI is InChI=1S/C14H18ClNO4/c1-4-7-14(2,13(19)20-3)16-12(18)9-5-6-11(17)10(15)8-9/h5-6,8,17H,4,7H2,1-3H3,(H,16,18). The fourth-order valence-electron chi connectivity index (χ4n) is 1.91. The van der Waals surface area contributed by atoms with Crippen LogP contribution in [0.3, 0.4) is 0 Å². The predicted octanol–water partition coefficient (Wildman–Crippen LogP) is 2.51. The van der Waals surface area contributed by atoms with E-state index in [4.69, 9.17) is 16.3 Å². The summed E-state index contributed by atoms with van der Waals surface area (Å²) in [5, 5.41) is 12.1. The Bertz CT molecular complexity index is 518. The molecule has 1 aromatic carbocycles. The number of phenolic OH excluding ortho intramolecular Hbond substituents is 1. The normalized spacial score (nSPS) is 13.4. The Kier molecular flexibility index (Phi) is 5.39. The number of amides is 1. The monoisotopic (exact) mass is 299 g/mol. The number of benzene rings is 1. The van der Waals surface area contributed by atoms with E-state index in [1.807, 2.05) is 6.92 Å². The lowest BCUT2D eigenvalue weighted by molar-refractivity contribution is -0.147. The van der Waals surface area contributed by atoms with E-state index in [9.17, 15) is 14.7 Å². The minimum absolute atomic E-state index is 0.0768. The van der Waals surface area contributed by atoms with Crippen molar-refractivity contribution >= 4 is 23.5 Å². The smallest absolute Gasteiger partial charge is 0.331 e. The molecule has 0 fully saturated rings. The fraction of sp³-hybridized carbons (Fsp3) is 0.429. The molecule has 20 heavy (non-hydrogen) atoms. The number of hydrogen-bond donors (Lipinski definition) is 2. The third-order valence-electron chi connectivity index (χ3n) is 2.99. The van der Waals surface area contributed by atoms with E-state index in [-0.39, 0.29) is 16.3 Å². The van der Waals surface area contributed by atoms with E-state index in [1.54, 1.807) is 6.92 Å². The molecule has 1 amide bonds. The number of phenols is 1. The molecule has 1 aromatic rings. The van der Waals surface area contributed by atoms with Gasteiger partial charge < -0.3 is 15.2 Å². The third kappa shape index (κ3) is 3.63. The number of carbonyl (C=O) groups excluding carboxylic acids is 2. The van der Waals surface area contributed by atoms with E-state index in [0.717, 1.165) is 0 Å². The molecule has 0 bridgehead atoms. The van der Waals surface area contributed by atoms with Gasteiger partial charge in [-0.05, 0) is 31.5 Å². The molecule has 0 aromatic heterocycles. The number of carbonyl (C=O) groups is 2. The maximum absolute atomic E-state index is 12.2. The molecule has 0 saturated heterocycles. The highest BCUT2D eigenvalue weighted by Crippen LogP contribution is 2.24. The number of esters is 1. The summed E-state index contributed by atoms with van der Waals surface area (Å²) >= 11 is 5.76. The Morgan fingerprint density at radius 3 is 2.60 bits per heavy atom. The maximum atomic E-state index is 12.2. The van der Waals surface area contributed by atoms with Crippen molar-refractivity contribution in [1.29, 1.82) is 0 Å². The highest BCUT2D eigenvalue weighted by molar-refractivity contribution is 6.32. The molecule has 0 radical (unpaired) electrons. The molecule has 0 spiro atoms. The first kappa shape index (κ1) is 16.3. The molecule has 110 valence electrons. The van der Waals surface area contributed by atoms with Crippen LogP contribution in [0.4, 0.5) is 0 Å². The lowest BCUT2D eigenvalue weighted by atomic mass is 9.95. The van der Waals surface area contributed by atoms with Crippen molar-refractivity contribution in [3.05, 3.63) is 28.8 Å². The molecule has 1 unspecified atom stereocenters. The van der Waals surface area contributed by atoms with Gasteiger partial charge in [0.25, 0.3) is 5.91 Å².